The zero-order valence-corrected chi connectivity index (χ0v) is 14.4. The summed E-state index contributed by atoms with van der Waals surface area (Å²) in [5.74, 6) is 0.608. The highest BCUT2D eigenvalue weighted by molar-refractivity contribution is 5.34. The van der Waals surface area contributed by atoms with Gasteiger partial charge in [0, 0.05) is 0 Å². The van der Waals surface area contributed by atoms with Crippen molar-refractivity contribution in [3.8, 4) is 0 Å². The lowest BCUT2D eigenvalue weighted by Gasteiger charge is -2.41. The first kappa shape index (κ1) is 18.2. The molecule has 0 amide bonds. The smallest absolute Gasteiger partial charge is 0.123 e. The van der Waals surface area contributed by atoms with Gasteiger partial charge in [0.2, 0.25) is 0 Å². The van der Waals surface area contributed by atoms with Gasteiger partial charge in [-0.15, -0.1) is 0 Å². The van der Waals surface area contributed by atoms with Crippen LogP contribution in [0.4, 0.5) is 4.39 Å². The number of hydrogen-bond donors (Lipinski definition) is 1. The molecule has 1 aliphatic heterocycles. The third-order valence-corrected chi connectivity index (χ3v) is 4.76. The minimum Gasteiger partial charge on any atom is -0.317 e. The van der Waals surface area contributed by atoms with E-state index in [-0.39, 0.29) is 11.2 Å². The van der Waals surface area contributed by atoms with Crippen LogP contribution >= 0.6 is 0 Å². The fraction of sp³-hybridized carbons (Fsp3) is 0.684. The molecule has 0 aromatic heterocycles. The molecular formula is C19H32FN. The topological polar surface area (TPSA) is 12.0 Å². The highest BCUT2D eigenvalue weighted by Gasteiger charge is 2.35. The maximum atomic E-state index is 13.4. The molecular weight excluding hydrogens is 261 g/mol. The molecule has 2 heteroatoms. The maximum absolute atomic E-state index is 13.4. The van der Waals surface area contributed by atoms with Gasteiger partial charge in [-0.2, -0.15) is 0 Å². The van der Waals surface area contributed by atoms with Gasteiger partial charge in [0.05, 0.1) is 0 Å². The van der Waals surface area contributed by atoms with Crippen molar-refractivity contribution in [2.75, 3.05) is 13.1 Å². The molecule has 21 heavy (non-hydrogen) atoms. The van der Waals surface area contributed by atoms with Gasteiger partial charge < -0.3 is 5.32 Å². The zero-order chi connectivity index (χ0) is 15.9. The van der Waals surface area contributed by atoms with Gasteiger partial charge in [0.15, 0.2) is 0 Å². The molecule has 1 unspecified atom stereocenters. The van der Waals surface area contributed by atoms with Crippen LogP contribution in [0, 0.1) is 18.7 Å². The van der Waals surface area contributed by atoms with Crippen molar-refractivity contribution >= 4 is 0 Å². The van der Waals surface area contributed by atoms with E-state index in [2.05, 4.69) is 26.1 Å². The summed E-state index contributed by atoms with van der Waals surface area (Å²) in [5.41, 5.74) is 2.74. The van der Waals surface area contributed by atoms with Gasteiger partial charge in [-0.3, -0.25) is 0 Å². The summed E-state index contributed by atoms with van der Waals surface area (Å²) < 4.78 is 13.4. The molecule has 1 aliphatic rings. The largest absolute Gasteiger partial charge is 0.317 e. The predicted octanol–water partition coefficient (Wildman–Crippen LogP) is 5.22. The van der Waals surface area contributed by atoms with E-state index in [1.807, 2.05) is 19.9 Å². The van der Waals surface area contributed by atoms with Crippen LogP contribution in [-0.2, 0) is 5.41 Å². The monoisotopic (exact) mass is 293 g/mol. The first-order chi connectivity index (χ1) is 10.1. The Bertz CT molecular complexity index is 422. The summed E-state index contributed by atoms with van der Waals surface area (Å²) in [6.07, 6.45) is 4.78. The lowest BCUT2D eigenvalue weighted by Crippen LogP contribution is -2.41. The van der Waals surface area contributed by atoms with Gasteiger partial charge >= 0.3 is 0 Å². The fourth-order valence-electron chi connectivity index (χ4n) is 3.52. The molecule has 0 bridgehead atoms. The van der Waals surface area contributed by atoms with Crippen molar-refractivity contribution in [1.82, 2.24) is 5.32 Å². The zero-order valence-electron chi connectivity index (χ0n) is 14.4. The summed E-state index contributed by atoms with van der Waals surface area (Å²) in [7, 11) is 0. The molecule has 0 spiro atoms. The molecule has 1 atom stereocenters. The number of benzene rings is 1. The third-order valence-electron chi connectivity index (χ3n) is 4.76. The fourth-order valence-corrected chi connectivity index (χ4v) is 3.52. The van der Waals surface area contributed by atoms with E-state index in [9.17, 15) is 4.39 Å². The van der Waals surface area contributed by atoms with Gasteiger partial charge in [-0.25, -0.2) is 4.39 Å². The molecule has 0 saturated carbocycles. The van der Waals surface area contributed by atoms with Crippen LogP contribution in [0.1, 0.15) is 64.5 Å². The number of rotatable bonds is 4. The van der Waals surface area contributed by atoms with Crippen LogP contribution in [0.15, 0.2) is 18.2 Å². The Hall–Kier alpha value is -0.890. The Morgan fingerprint density at radius 3 is 2.38 bits per heavy atom. The van der Waals surface area contributed by atoms with Crippen LogP contribution < -0.4 is 5.32 Å². The van der Waals surface area contributed by atoms with Gasteiger partial charge in [-0.05, 0) is 73.9 Å². The number of nitrogens with one attached hydrogen (secondary N) is 1. The van der Waals surface area contributed by atoms with Crippen LogP contribution in [0.5, 0.6) is 0 Å². The minimum absolute atomic E-state index is 0.117. The van der Waals surface area contributed by atoms with Crippen molar-refractivity contribution in [2.24, 2.45) is 5.92 Å². The SMILES string of the molecule is CC.CCC(C)CC1(c2ccc(F)cc2C)CCNCC1. The molecule has 1 N–H and O–H groups in total. The van der Waals surface area contributed by atoms with E-state index in [1.165, 1.54) is 31.2 Å². The van der Waals surface area contributed by atoms with Crippen LogP contribution in [-0.4, -0.2) is 13.1 Å². The molecule has 1 nitrogen and oxygen atoms in total. The van der Waals surface area contributed by atoms with Gasteiger partial charge in [0.1, 0.15) is 5.82 Å². The Morgan fingerprint density at radius 1 is 1.24 bits per heavy atom. The Balaban J connectivity index is 0.00000106. The second-order valence-corrected chi connectivity index (χ2v) is 6.21. The highest BCUT2D eigenvalue weighted by atomic mass is 19.1. The van der Waals surface area contributed by atoms with Gasteiger partial charge in [-0.1, -0.05) is 40.2 Å². The second kappa shape index (κ2) is 8.53. The average Bonchev–Trinajstić information content (AvgIpc) is 2.50. The second-order valence-electron chi connectivity index (χ2n) is 6.21. The summed E-state index contributed by atoms with van der Waals surface area (Å²) >= 11 is 0. The van der Waals surface area contributed by atoms with E-state index < -0.39 is 0 Å². The third kappa shape index (κ3) is 4.54. The minimum atomic E-state index is -0.117. The molecule has 1 aromatic carbocycles. The average molecular weight is 293 g/mol. The molecule has 0 aliphatic carbocycles. The van der Waals surface area contributed by atoms with E-state index in [1.54, 1.807) is 12.1 Å². The maximum Gasteiger partial charge on any atom is 0.123 e. The number of halogens is 1. The van der Waals surface area contributed by atoms with E-state index in [0.29, 0.717) is 0 Å². The van der Waals surface area contributed by atoms with E-state index in [4.69, 9.17) is 0 Å². The molecule has 120 valence electrons. The Labute approximate surface area is 130 Å². The first-order valence-electron chi connectivity index (χ1n) is 8.55. The number of hydrogen-bond acceptors (Lipinski definition) is 1. The highest BCUT2D eigenvalue weighted by Crippen LogP contribution is 2.41. The quantitative estimate of drug-likeness (QED) is 0.802. The molecule has 1 heterocycles. The normalized spacial score (nSPS) is 18.6. The lowest BCUT2D eigenvalue weighted by atomic mass is 9.67. The van der Waals surface area contributed by atoms with Crippen molar-refractivity contribution in [3.63, 3.8) is 0 Å². The van der Waals surface area contributed by atoms with Crippen molar-refractivity contribution < 1.29 is 4.39 Å². The Morgan fingerprint density at radius 2 is 1.86 bits per heavy atom. The molecule has 2 rings (SSSR count). The predicted molar refractivity (Wildman–Crippen MR) is 90.3 cm³/mol. The molecule has 1 saturated heterocycles. The van der Waals surface area contributed by atoms with Crippen molar-refractivity contribution in [3.05, 3.63) is 35.1 Å². The summed E-state index contributed by atoms with van der Waals surface area (Å²) in [6, 6.07) is 5.34. The standard InChI is InChI=1S/C17H26FN.C2H6/c1-4-13(2)12-17(7-9-19-10-8-17)16-6-5-15(18)11-14(16)3;1-2/h5-6,11,13,19H,4,7-10,12H2,1-3H3;1-2H3. The number of aryl methyl sites for hydroxylation is 1. The molecule has 1 aromatic rings. The van der Waals surface area contributed by atoms with Gasteiger partial charge in [0.25, 0.3) is 0 Å². The van der Waals surface area contributed by atoms with E-state index >= 15 is 0 Å². The summed E-state index contributed by atoms with van der Waals surface area (Å²) in [4.78, 5) is 0. The van der Waals surface area contributed by atoms with Crippen LogP contribution in [0.25, 0.3) is 0 Å². The molecule has 0 radical (unpaired) electrons. The summed E-state index contributed by atoms with van der Waals surface area (Å²) in [5, 5.41) is 3.46. The molecule has 1 fully saturated rings. The van der Waals surface area contributed by atoms with Crippen LogP contribution in [0.2, 0.25) is 0 Å². The Kier molecular flexibility index (Phi) is 7.37. The van der Waals surface area contributed by atoms with E-state index in [0.717, 1.165) is 24.6 Å². The van der Waals surface area contributed by atoms with Crippen molar-refractivity contribution in [1.29, 1.82) is 0 Å². The summed E-state index contributed by atoms with van der Waals surface area (Å²) in [6.45, 7) is 12.8. The lowest BCUT2D eigenvalue weighted by molar-refractivity contribution is 0.246. The number of piperidine rings is 1. The van der Waals surface area contributed by atoms with Crippen molar-refractivity contribution in [2.45, 2.75) is 65.7 Å². The van der Waals surface area contributed by atoms with Crippen LogP contribution in [0.3, 0.4) is 0 Å². The first-order valence-corrected chi connectivity index (χ1v) is 8.55.